The van der Waals surface area contributed by atoms with Crippen LogP contribution in [0.1, 0.15) is 33.6 Å². The summed E-state index contributed by atoms with van der Waals surface area (Å²) in [5, 5.41) is 9.98. The van der Waals surface area contributed by atoms with Crippen molar-refractivity contribution < 1.29 is 19.4 Å². The van der Waals surface area contributed by atoms with E-state index in [-0.39, 0.29) is 19.1 Å². The second-order valence-corrected chi connectivity index (χ2v) is 6.25. The Labute approximate surface area is 146 Å². The molecule has 1 amide bonds. The molecule has 0 radical (unpaired) electrons. The van der Waals surface area contributed by atoms with E-state index in [0.717, 1.165) is 6.42 Å². The minimum Gasteiger partial charge on any atom is -0.459 e. The van der Waals surface area contributed by atoms with Gasteiger partial charge in [0.15, 0.2) is 0 Å². The quantitative estimate of drug-likeness (QED) is 0.850. The highest BCUT2D eigenvalue weighted by molar-refractivity contribution is 5.95. The molecule has 2 aromatic carbocycles. The summed E-state index contributed by atoms with van der Waals surface area (Å²) in [6.07, 6.45) is 1.37. The summed E-state index contributed by atoms with van der Waals surface area (Å²) in [6, 6.07) is 17.7. The summed E-state index contributed by atoms with van der Waals surface area (Å²) < 4.78 is 5.43. The number of rotatable bonds is 5. The number of likely N-dealkylation sites (tertiary alicyclic amines) is 1. The summed E-state index contributed by atoms with van der Waals surface area (Å²) in [6.45, 7) is 0.278. The number of aliphatic hydroxyl groups is 1. The Kier molecular flexibility index (Phi) is 5.14. The van der Waals surface area contributed by atoms with Gasteiger partial charge in [0.05, 0.1) is 12.2 Å². The lowest BCUT2D eigenvalue weighted by Gasteiger charge is -2.36. The van der Waals surface area contributed by atoms with Crippen LogP contribution in [0.5, 0.6) is 0 Å². The molecule has 1 unspecified atom stereocenters. The lowest BCUT2D eigenvalue weighted by molar-refractivity contribution is -0.00504. The SMILES string of the molecule is O=C(OCC1(CO)CCCN1C(=O)c1ccccc1)c1ccccc1. The first-order valence-corrected chi connectivity index (χ1v) is 8.36. The number of aliphatic hydroxyl groups excluding tert-OH is 1. The maximum Gasteiger partial charge on any atom is 0.338 e. The van der Waals surface area contributed by atoms with Crippen LogP contribution >= 0.6 is 0 Å². The number of amides is 1. The average Bonchev–Trinajstić information content (AvgIpc) is 3.11. The van der Waals surface area contributed by atoms with E-state index < -0.39 is 11.5 Å². The van der Waals surface area contributed by atoms with Crippen molar-refractivity contribution in [3.8, 4) is 0 Å². The van der Waals surface area contributed by atoms with Crippen molar-refractivity contribution in [1.82, 2.24) is 4.90 Å². The highest BCUT2D eigenvalue weighted by Crippen LogP contribution is 2.31. The van der Waals surface area contributed by atoms with Gasteiger partial charge >= 0.3 is 5.97 Å². The van der Waals surface area contributed by atoms with Gasteiger partial charge in [-0.15, -0.1) is 0 Å². The van der Waals surface area contributed by atoms with Gasteiger partial charge in [0.25, 0.3) is 5.91 Å². The fraction of sp³-hybridized carbons (Fsp3) is 0.300. The van der Waals surface area contributed by atoms with Crippen LogP contribution in [-0.2, 0) is 4.74 Å². The molecular formula is C20H21NO4. The topological polar surface area (TPSA) is 66.8 Å². The number of carbonyl (C=O) groups is 2. The van der Waals surface area contributed by atoms with E-state index in [1.807, 2.05) is 12.1 Å². The third kappa shape index (κ3) is 3.56. The van der Waals surface area contributed by atoms with E-state index in [0.29, 0.717) is 24.1 Å². The normalized spacial score (nSPS) is 19.6. The van der Waals surface area contributed by atoms with Crippen molar-refractivity contribution in [2.75, 3.05) is 19.8 Å². The van der Waals surface area contributed by atoms with Gasteiger partial charge in [0.1, 0.15) is 12.1 Å². The minimum absolute atomic E-state index is 0.0181. The van der Waals surface area contributed by atoms with E-state index in [2.05, 4.69) is 0 Å². The zero-order chi connectivity index (χ0) is 17.7. The lowest BCUT2D eigenvalue weighted by Crippen LogP contribution is -2.53. The van der Waals surface area contributed by atoms with Gasteiger partial charge in [-0.1, -0.05) is 36.4 Å². The molecular weight excluding hydrogens is 318 g/mol. The fourth-order valence-corrected chi connectivity index (χ4v) is 3.21. The first kappa shape index (κ1) is 17.2. The Morgan fingerprint density at radius 3 is 2.20 bits per heavy atom. The van der Waals surface area contributed by atoms with Crippen LogP contribution in [-0.4, -0.2) is 47.2 Å². The third-order valence-electron chi connectivity index (χ3n) is 4.64. The molecule has 0 spiro atoms. The van der Waals surface area contributed by atoms with Gasteiger partial charge < -0.3 is 14.7 Å². The zero-order valence-electron chi connectivity index (χ0n) is 13.9. The van der Waals surface area contributed by atoms with E-state index in [1.54, 1.807) is 53.4 Å². The second kappa shape index (κ2) is 7.49. The van der Waals surface area contributed by atoms with E-state index >= 15 is 0 Å². The minimum atomic E-state index is -0.864. The summed E-state index contributed by atoms with van der Waals surface area (Å²) in [5.74, 6) is -0.602. The first-order valence-electron chi connectivity index (χ1n) is 8.36. The van der Waals surface area contributed by atoms with Crippen molar-refractivity contribution in [3.63, 3.8) is 0 Å². The fourth-order valence-electron chi connectivity index (χ4n) is 3.21. The molecule has 3 rings (SSSR count). The Morgan fingerprint density at radius 1 is 1.00 bits per heavy atom. The zero-order valence-corrected chi connectivity index (χ0v) is 13.9. The summed E-state index contributed by atoms with van der Waals surface area (Å²) in [5.41, 5.74) is 0.156. The molecule has 0 aromatic heterocycles. The molecule has 1 aliphatic heterocycles. The molecule has 0 saturated carbocycles. The van der Waals surface area contributed by atoms with Gasteiger partial charge in [-0.25, -0.2) is 4.79 Å². The Balaban J connectivity index is 1.74. The average molecular weight is 339 g/mol. The number of esters is 1. The van der Waals surface area contributed by atoms with Gasteiger partial charge in [0.2, 0.25) is 0 Å². The predicted octanol–water partition coefficient (Wildman–Crippen LogP) is 2.51. The van der Waals surface area contributed by atoms with Crippen LogP contribution < -0.4 is 0 Å². The molecule has 1 aliphatic rings. The van der Waals surface area contributed by atoms with Crippen LogP contribution in [0, 0.1) is 0 Å². The van der Waals surface area contributed by atoms with Crippen LogP contribution in [0.4, 0.5) is 0 Å². The second-order valence-electron chi connectivity index (χ2n) is 6.25. The molecule has 5 heteroatoms. The molecule has 5 nitrogen and oxygen atoms in total. The molecule has 1 fully saturated rings. The standard InChI is InChI=1S/C20H21NO4/c22-14-20(15-25-19(24)17-10-5-2-6-11-17)12-7-13-21(20)18(23)16-8-3-1-4-9-16/h1-6,8-11,22H,7,12-15H2. The molecule has 130 valence electrons. The van der Waals surface area contributed by atoms with E-state index in [9.17, 15) is 14.7 Å². The van der Waals surface area contributed by atoms with Crippen molar-refractivity contribution in [2.45, 2.75) is 18.4 Å². The third-order valence-corrected chi connectivity index (χ3v) is 4.64. The monoisotopic (exact) mass is 339 g/mol. The van der Waals surface area contributed by atoms with Crippen molar-refractivity contribution in [1.29, 1.82) is 0 Å². The van der Waals surface area contributed by atoms with Gasteiger partial charge in [-0.05, 0) is 37.1 Å². The molecule has 1 heterocycles. The van der Waals surface area contributed by atoms with Crippen molar-refractivity contribution in [3.05, 3.63) is 71.8 Å². The highest BCUT2D eigenvalue weighted by atomic mass is 16.5. The maximum absolute atomic E-state index is 12.8. The summed E-state index contributed by atoms with van der Waals surface area (Å²) >= 11 is 0. The number of carbonyl (C=O) groups excluding carboxylic acids is 2. The molecule has 1 atom stereocenters. The summed E-state index contributed by atoms with van der Waals surface area (Å²) in [4.78, 5) is 26.6. The number of hydrogen-bond acceptors (Lipinski definition) is 4. The van der Waals surface area contributed by atoms with Crippen molar-refractivity contribution >= 4 is 11.9 Å². The van der Waals surface area contributed by atoms with Crippen LogP contribution in [0.25, 0.3) is 0 Å². The Morgan fingerprint density at radius 2 is 1.60 bits per heavy atom. The molecule has 2 aromatic rings. The van der Waals surface area contributed by atoms with Crippen LogP contribution in [0.2, 0.25) is 0 Å². The van der Waals surface area contributed by atoms with E-state index in [1.165, 1.54) is 0 Å². The van der Waals surface area contributed by atoms with Crippen molar-refractivity contribution in [2.24, 2.45) is 0 Å². The number of nitrogens with zero attached hydrogens (tertiary/aromatic N) is 1. The highest BCUT2D eigenvalue weighted by Gasteiger charge is 2.44. The molecule has 0 aliphatic carbocycles. The van der Waals surface area contributed by atoms with Gasteiger partial charge in [-0.2, -0.15) is 0 Å². The maximum atomic E-state index is 12.8. The largest absolute Gasteiger partial charge is 0.459 e. The van der Waals surface area contributed by atoms with Gasteiger partial charge in [-0.3, -0.25) is 4.79 Å². The molecule has 0 bridgehead atoms. The molecule has 1 saturated heterocycles. The first-order chi connectivity index (χ1) is 12.2. The number of hydrogen-bond donors (Lipinski definition) is 1. The van der Waals surface area contributed by atoms with Gasteiger partial charge in [0, 0.05) is 12.1 Å². The summed E-state index contributed by atoms with van der Waals surface area (Å²) in [7, 11) is 0. The predicted molar refractivity (Wildman–Crippen MR) is 93.3 cm³/mol. The Bertz CT molecular complexity index is 732. The lowest BCUT2D eigenvalue weighted by atomic mass is 9.97. The number of ether oxygens (including phenoxy) is 1. The molecule has 25 heavy (non-hydrogen) atoms. The number of benzene rings is 2. The van der Waals surface area contributed by atoms with Crippen LogP contribution in [0.15, 0.2) is 60.7 Å². The smallest absolute Gasteiger partial charge is 0.338 e. The Hall–Kier alpha value is -2.66. The molecule has 1 N–H and O–H groups in total. The van der Waals surface area contributed by atoms with E-state index in [4.69, 9.17) is 4.74 Å². The van der Waals surface area contributed by atoms with Crippen LogP contribution in [0.3, 0.4) is 0 Å².